The lowest BCUT2D eigenvalue weighted by atomic mass is 10.1. The zero-order valence-electron chi connectivity index (χ0n) is 17.0. The van der Waals surface area contributed by atoms with Crippen molar-refractivity contribution in [2.24, 2.45) is 0 Å². The molecule has 0 amide bonds. The minimum absolute atomic E-state index is 0.371. The number of hydrogen-bond acceptors (Lipinski definition) is 6. The summed E-state index contributed by atoms with van der Waals surface area (Å²) < 4.78 is 134. The molecule has 0 fully saturated rings. The summed E-state index contributed by atoms with van der Waals surface area (Å²) in [5, 5.41) is 14.9. The fraction of sp³-hybridized carbons (Fsp3) is 0.400. The highest BCUT2D eigenvalue weighted by Crippen LogP contribution is 2.40. The van der Waals surface area contributed by atoms with Crippen molar-refractivity contribution in [3.63, 3.8) is 0 Å². The highest BCUT2D eigenvalue weighted by atomic mass is 19.4. The van der Waals surface area contributed by atoms with Crippen LogP contribution in [-0.4, -0.2) is 37.9 Å². The molecule has 9 nitrogen and oxygen atoms in total. The van der Waals surface area contributed by atoms with Crippen LogP contribution >= 0.6 is 0 Å². The molecule has 0 aliphatic carbocycles. The molecule has 3 aromatic heterocycles. The van der Waals surface area contributed by atoms with Crippen molar-refractivity contribution in [2.45, 2.75) is 39.3 Å². The van der Waals surface area contributed by atoms with Gasteiger partial charge in [0, 0.05) is 0 Å². The van der Waals surface area contributed by atoms with Crippen molar-refractivity contribution >= 4 is 7.32 Å². The van der Waals surface area contributed by atoms with Crippen LogP contribution in [0.25, 0.3) is 0 Å². The van der Waals surface area contributed by atoms with Crippen LogP contribution in [0.15, 0.2) is 0 Å². The van der Waals surface area contributed by atoms with Crippen LogP contribution in [0.3, 0.4) is 0 Å². The van der Waals surface area contributed by atoms with Crippen LogP contribution in [0.4, 0.5) is 39.5 Å². The number of hydrogen-bond donors (Lipinski definition) is 3. The molecule has 0 radical (unpaired) electrons. The van der Waals surface area contributed by atoms with Gasteiger partial charge in [-0.3, -0.25) is 15.3 Å². The first-order chi connectivity index (χ1) is 15.5. The molecule has 0 bridgehead atoms. The Labute approximate surface area is 183 Å². The molecule has 3 aromatic rings. The molecule has 3 rings (SSSR count). The zero-order valence-corrected chi connectivity index (χ0v) is 17.0. The number of alkyl halides is 9. The van der Waals surface area contributed by atoms with E-state index < -0.39 is 60.2 Å². The minimum Gasteiger partial charge on any atom is -0.486 e. The molecule has 0 aliphatic rings. The van der Waals surface area contributed by atoms with Crippen molar-refractivity contribution in [3.8, 4) is 17.2 Å². The van der Waals surface area contributed by atoms with E-state index in [1.54, 1.807) is 0 Å². The summed E-state index contributed by atoms with van der Waals surface area (Å²) in [5.41, 5.74) is -6.07. The summed E-state index contributed by atoms with van der Waals surface area (Å²) >= 11 is 0. The van der Waals surface area contributed by atoms with Gasteiger partial charge in [-0.15, -0.1) is 0 Å². The Morgan fingerprint density at radius 1 is 0.529 bits per heavy atom. The van der Waals surface area contributed by atoms with Crippen molar-refractivity contribution in [1.82, 2.24) is 30.6 Å². The molecule has 0 unspecified atom stereocenters. The second kappa shape index (κ2) is 8.35. The van der Waals surface area contributed by atoms with Gasteiger partial charge >= 0.3 is 25.9 Å². The van der Waals surface area contributed by atoms with E-state index in [2.05, 4.69) is 15.3 Å². The lowest BCUT2D eigenvalue weighted by molar-refractivity contribution is -0.142. The Hall–Kier alpha value is -3.54. The maximum absolute atomic E-state index is 13.3. The van der Waals surface area contributed by atoms with E-state index >= 15 is 0 Å². The monoisotopic (exact) mass is 506 g/mol. The highest BCUT2D eigenvalue weighted by molar-refractivity contribution is 6.39. The van der Waals surface area contributed by atoms with Crippen molar-refractivity contribution < 1.29 is 53.5 Å². The van der Waals surface area contributed by atoms with Gasteiger partial charge in [0.15, 0.2) is 17.2 Å². The zero-order chi connectivity index (χ0) is 25.6. The molecule has 0 aliphatic heterocycles. The van der Waals surface area contributed by atoms with Gasteiger partial charge < -0.3 is 14.0 Å². The second-order valence-corrected chi connectivity index (χ2v) is 6.71. The molecule has 19 heteroatoms. The standard InChI is InChI=1S/C15H12BF9N6O3/c1-4-7(10(29-26-4)13(17,18)19)32-16(33-8-5(2)27-30-11(8)14(20,21)22)34-9-6(3)28-31-12(9)15(23,24)25/h1-3H3,(H,26,29)(H,27,30)(H,28,31). The lowest BCUT2D eigenvalue weighted by Crippen LogP contribution is -2.39. The Morgan fingerprint density at radius 2 is 0.765 bits per heavy atom. The number of aryl methyl sites for hydroxylation is 3. The Balaban J connectivity index is 2.08. The molecular formula is C15H12BF9N6O3. The summed E-state index contributed by atoms with van der Waals surface area (Å²) in [6.07, 6.45) is -15.3. The van der Waals surface area contributed by atoms with E-state index in [4.69, 9.17) is 14.0 Å². The number of nitrogens with one attached hydrogen (secondary N) is 3. The smallest absolute Gasteiger partial charge is 0.486 e. The first kappa shape index (κ1) is 25.1. The Morgan fingerprint density at radius 3 is 0.971 bits per heavy atom. The first-order valence-electron chi connectivity index (χ1n) is 8.86. The Kier molecular flexibility index (Phi) is 6.16. The number of aromatic amines is 3. The second-order valence-electron chi connectivity index (χ2n) is 6.71. The van der Waals surface area contributed by atoms with Crippen LogP contribution < -0.4 is 14.0 Å². The van der Waals surface area contributed by atoms with Crippen LogP contribution in [0.2, 0.25) is 0 Å². The molecule has 0 saturated heterocycles. The summed E-state index contributed by atoms with van der Waals surface area (Å²) in [7, 11) is -2.60. The number of halogens is 9. The van der Waals surface area contributed by atoms with Crippen molar-refractivity contribution in [1.29, 1.82) is 0 Å². The average molecular weight is 506 g/mol. The summed E-state index contributed by atoms with van der Waals surface area (Å²) in [5.74, 6) is -3.24. The van der Waals surface area contributed by atoms with Crippen LogP contribution in [0, 0.1) is 20.8 Å². The van der Waals surface area contributed by atoms with Gasteiger partial charge in [-0.1, -0.05) is 0 Å². The van der Waals surface area contributed by atoms with Gasteiger partial charge in [0.2, 0.25) is 17.1 Å². The van der Waals surface area contributed by atoms with E-state index in [0.717, 1.165) is 20.8 Å². The van der Waals surface area contributed by atoms with Crippen LogP contribution in [0.1, 0.15) is 34.2 Å². The normalized spacial score (nSPS) is 12.7. The van der Waals surface area contributed by atoms with Crippen LogP contribution in [-0.2, 0) is 18.5 Å². The van der Waals surface area contributed by atoms with Gasteiger partial charge in [0.05, 0.1) is 17.1 Å². The molecule has 0 aromatic carbocycles. The largest absolute Gasteiger partial charge is 0.864 e. The SMILES string of the molecule is Cc1[nH]nc(C(F)(F)F)c1OB(Oc1c(C(F)(F)F)n[nH]c1C)Oc1c(C(F)(F)F)n[nH]c1C. The van der Waals surface area contributed by atoms with Crippen LogP contribution in [0.5, 0.6) is 17.2 Å². The summed E-state index contributed by atoms with van der Waals surface area (Å²) in [4.78, 5) is 0. The number of H-pyrrole nitrogens is 3. The molecule has 0 atom stereocenters. The maximum Gasteiger partial charge on any atom is 0.864 e. The van der Waals surface area contributed by atoms with E-state index in [0.29, 0.717) is 0 Å². The lowest BCUT2D eigenvalue weighted by Gasteiger charge is -2.18. The molecule has 186 valence electrons. The van der Waals surface area contributed by atoms with Crippen molar-refractivity contribution in [3.05, 3.63) is 34.2 Å². The van der Waals surface area contributed by atoms with E-state index in [9.17, 15) is 39.5 Å². The number of nitrogens with zero attached hydrogens (tertiary/aromatic N) is 3. The van der Waals surface area contributed by atoms with Gasteiger partial charge in [0.1, 0.15) is 0 Å². The molecule has 0 saturated carbocycles. The van der Waals surface area contributed by atoms with E-state index in [1.807, 2.05) is 15.3 Å². The van der Waals surface area contributed by atoms with Gasteiger partial charge in [-0.05, 0) is 20.8 Å². The van der Waals surface area contributed by atoms with Gasteiger partial charge in [-0.25, -0.2) is 0 Å². The Bertz CT molecular complexity index is 1020. The van der Waals surface area contributed by atoms with E-state index in [-0.39, 0.29) is 17.1 Å². The molecule has 3 N–H and O–H groups in total. The summed E-state index contributed by atoms with van der Waals surface area (Å²) in [6, 6.07) is 0. The quantitative estimate of drug-likeness (QED) is 0.339. The van der Waals surface area contributed by atoms with Gasteiger partial charge in [0.25, 0.3) is 0 Å². The minimum atomic E-state index is -5.10. The third-order valence-corrected chi connectivity index (χ3v) is 4.12. The number of rotatable bonds is 6. The molecule has 3 heterocycles. The molecule has 34 heavy (non-hydrogen) atoms. The third kappa shape index (κ3) is 5.01. The topological polar surface area (TPSA) is 114 Å². The molecule has 0 spiro atoms. The molecular weight excluding hydrogens is 494 g/mol. The van der Waals surface area contributed by atoms with Gasteiger partial charge in [-0.2, -0.15) is 54.8 Å². The predicted molar refractivity (Wildman–Crippen MR) is 92.6 cm³/mol. The third-order valence-electron chi connectivity index (χ3n) is 4.12. The summed E-state index contributed by atoms with van der Waals surface area (Å²) in [6.45, 7) is 3.18. The first-order valence-corrected chi connectivity index (χ1v) is 8.86. The van der Waals surface area contributed by atoms with Crippen molar-refractivity contribution in [2.75, 3.05) is 0 Å². The highest BCUT2D eigenvalue weighted by Gasteiger charge is 2.47. The fourth-order valence-corrected chi connectivity index (χ4v) is 2.63. The number of aromatic nitrogens is 6. The van der Waals surface area contributed by atoms with E-state index in [1.165, 1.54) is 0 Å². The average Bonchev–Trinajstić information content (AvgIpc) is 3.33. The predicted octanol–water partition coefficient (Wildman–Crippen LogP) is 4.36. The maximum atomic E-state index is 13.3. The fourth-order valence-electron chi connectivity index (χ4n) is 2.63.